The van der Waals surface area contributed by atoms with Crippen molar-refractivity contribution in [2.45, 2.75) is 25.7 Å². The zero-order valence-electron chi connectivity index (χ0n) is 11.9. The van der Waals surface area contributed by atoms with E-state index >= 15 is 0 Å². The first-order valence-corrected chi connectivity index (χ1v) is 7.72. The van der Waals surface area contributed by atoms with E-state index in [9.17, 15) is 14.9 Å². The van der Waals surface area contributed by atoms with Gasteiger partial charge in [-0.2, -0.15) is 5.10 Å². The number of hydrogen-bond acceptors (Lipinski definition) is 4. The summed E-state index contributed by atoms with van der Waals surface area (Å²) in [7, 11) is 0. The van der Waals surface area contributed by atoms with Crippen molar-refractivity contribution in [3.8, 4) is 0 Å². The number of nitro benzene ring substituents is 1. The molecule has 116 valence electrons. The van der Waals surface area contributed by atoms with Crippen LogP contribution in [0.1, 0.15) is 31.2 Å². The zero-order valence-corrected chi connectivity index (χ0v) is 12.6. The van der Waals surface area contributed by atoms with Crippen molar-refractivity contribution in [2.75, 3.05) is 0 Å². The molecule has 0 aromatic heterocycles. The average Bonchev–Trinajstić information content (AvgIpc) is 3.23. The molecule has 22 heavy (non-hydrogen) atoms. The second kappa shape index (κ2) is 6.04. The van der Waals surface area contributed by atoms with Crippen LogP contribution in [0.2, 0.25) is 5.02 Å². The summed E-state index contributed by atoms with van der Waals surface area (Å²) in [6.45, 7) is 0. The molecular weight excluding hydrogens is 306 g/mol. The van der Waals surface area contributed by atoms with E-state index in [0.717, 1.165) is 12.8 Å². The number of carbonyl (C=O) groups excluding carboxylic acids is 1. The van der Waals surface area contributed by atoms with Crippen LogP contribution in [-0.4, -0.2) is 17.0 Å². The number of non-ortho nitro benzene ring substituents is 1. The Labute approximate surface area is 132 Å². The Kier molecular flexibility index (Phi) is 4.11. The molecule has 1 amide bonds. The maximum atomic E-state index is 12.1. The van der Waals surface area contributed by atoms with Gasteiger partial charge in [-0.15, -0.1) is 0 Å². The molecule has 2 saturated carbocycles. The number of nitrogens with zero attached hydrogens (tertiary/aromatic N) is 2. The summed E-state index contributed by atoms with van der Waals surface area (Å²) in [5.41, 5.74) is 2.87. The van der Waals surface area contributed by atoms with Crippen LogP contribution >= 0.6 is 11.6 Å². The summed E-state index contributed by atoms with van der Waals surface area (Å²) in [4.78, 5) is 22.3. The zero-order chi connectivity index (χ0) is 15.7. The predicted molar refractivity (Wildman–Crippen MR) is 82.8 cm³/mol. The number of nitrogens with one attached hydrogen (secondary N) is 1. The molecular formula is C15H16ClN3O3. The Bertz CT molecular complexity index is 635. The third-order valence-corrected chi connectivity index (χ3v) is 4.87. The van der Waals surface area contributed by atoms with Gasteiger partial charge in [0.05, 0.1) is 11.1 Å². The van der Waals surface area contributed by atoms with Crippen molar-refractivity contribution < 1.29 is 9.72 Å². The molecule has 1 aromatic carbocycles. The minimum absolute atomic E-state index is 0.0605. The SMILES string of the molecule is O=C(N/N=C\c1cc([N+](=O)[O-])ccc1Cl)C1[C@H]2CCCC[C@@H]12. The number of rotatable bonds is 4. The molecule has 0 spiro atoms. The molecule has 6 nitrogen and oxygen atoms in total. The van der Waals surface area contributed by atoms with Crippen molar-refractivity contribution in [1.82, 2.24) is 5.43 Å². The topological polar surface area (TPSA) is 84.6 Å². The molecule has 0 heterocycles. The van der Waals surface area contributed by atoms with Crippen LogP contribution in [0.15, 0.2) is 23.3 Å². The van der Waals surface area contributed by atoms with E-state index in [2.05, 4.69) is 10.5 Å². The van der Waals surface area contributed by atoms with Gasteiger partial charge >= 0.3 is 0 Å². The largest absolute Gasteiger partial charge is 0.273 e. The quantitative estimate of drug-likeness (QED) is 0.525. The highest BCUT2D eigenvalue weighted by molar-refractivity contribution is 6.33. The Balaban J connectivity index is 1.61. The highest BCUT2D eigenvalue weighted by Crippen LogP contribution is 2.55. The summed E-state index contributed by atoms with van der Waals surface area (Å²) in [5, 5.41) is 15.0. The summed E-state index contributed by atoms with van der Waals surface area (Å²) in [6.07, 6.45) is 6.01. The molecule has 3 atom stereocenters. The summed E-state index contributed by atoms with van der Waals surface area (Å²) in [5.74, 6) is 1.06. The van der Waals surface area contributed by atoms with Crippen molar-refractivity contribution >= 4 is 29.4 Å². The van der Waals surface area contributed by atoms with Crippen molar-refractivity contribution in [3.05, 3.63) is 38.9 Å². The molecule has 1 N–H and O–H groups in total. The molecule has 1 unspecified atom stereocenters. The van der Waals surface area contributed by atoms with Gasteiger partial charge < -0.3 is 0 Å². The second-order valence-corrected chi connectivity index (χ2v) is 6.24. The molecule has 0 aliphatic heterocycles. The van der Waals surface area contributed by atoms with E-state index in [4.69, 9.17) is 11.6 Å². The van der Waals surface area contributed by atoms with E-state index in [1.807, 2.05) is 0 Å². The number of hydrazone groups is 1. The first kappa shape index (κ1) is 15.0. The first-order valence-electron chi connectivity index (χ1n) is 7.35. The van der Waals surface area contributed by atoms with Crippen LogP contribution in [0.3, 0.4) is 0 Å². The molecule has 2 aliphatic carbocycles. The number of benzene rings is 1. The fraction of sp³-hybridized carbons (Fsp3) is 0.467. The lowest BCUT2D eigenvalue weighted by Crippen LogP contribution is -2.20. The van der Waals surface area contributed by atoms with Crippen LogP contribution in [-0.2, 0) is 4.79 Å². The summed E-state index contributed by atoms with van der Waals surface area (Å²) in [6, 6.07) is 4.10. The van der Waals surface area contributed by atoms with Crippen LogP contribution < -0.4 is 5.43 Å². The lowest BCUT2D eigenvalue weighted by Gasteiger charge is -2.04. The van der Waals surface area contributed by atoms with E-state index < -0.39 is 4.92 Å². The van der Waals surface area contributed by atoms with Crippen molar-refractivity contribution in [2.24, 2.45) is 22.9 Å². The molecule has 1 aromatic rings. The van der Waals surface area contributed by atoms with Crippen LogP contribution in [0, 0.1) is 27.9 Å². The highest BCUT2D eigenvalue weighted by Gasteiger charge is 2.54. The fourth-order valence-electron chi connectivity index (χ4n) is 3.36. The number of nitro groups is 1. The van der Waals surface area contributed by atoms with Crippen LogP contribution in [0.25, 0.3) is 0 Å². The van der Waals surface area contributed by atoms with Crippen molar-refractivity contribution in [3.63, 3.8) is 0 Å². The predicted octanol–water partition coefficient (Wildman–Crippen LogP) is 3.13. The maximum Gasteiger partial charge on any atom is 0.270 e. The highest BCUT2D eigenvalue weighted by atomic mass is 35.5. The third-order valence-electron chi connectivity index (χ3n) is 4.53. The van der Waals surface area contributed by atoms with Gasteiger partial charge in [0.15, 0.2) is 0 Å². The minimum Gasteiger partial charge on any atom is -0.273 e. The molecule has 0 radical (unpaired) electrons. The third kappa shape index (κ3) is 2.97. The minimum atomic E-state index is -0.499. The van der Waals surface area contributed by atoms with E-state index in [1.54, 1.807) is 0 Å². The van der Waals surface area contributed by atoms with Gasteiger partial charge in [0.1, 0.15) is 0 Å². The van der Waals surface area contributed by atoms with E-state index in [0.29, 0.717) is 22.4 Å². The molecule has 0 saturated heterocycles. The lowest BCUT2D eigenvalue weighted by atomic mass is 10.0. The van der Waals surface area contributed by atoms with Gasteiger partial charge in [-0.05, 0) is 30.7 Å². The Morgan fingerprint density at radius 1 is 1.36 bits per heavy atom. The average molecular weight is 322 g/mol. The monoisotopic (exact) mass is 321 g/mol. The number of fused-ring (bicyclic) bond motifs is 1. The molecule has 2 aliphatic rings. The van der Waals surface area contributed by atoms with Crippen LogP contribution in [0.5, 0.6) is 0 Å². The Morgan fingerprint density at radius 2 is 2.05 bits per heavy atom. The molecule has 7 heteroatoms. The van der Waals surface area contributed by atoms with E-state index in [1.165, 1.54) is 37.3 Å². The Morgan fingerprint density at radius 3 is 2.68 bits per heavy atom. The molecule has 2 fully saturated rings. The van der Waals surface area contributed by atoms with Gasteiger partial charge in [0.25, 0.3) is 5.69 Å². The normalized spacial score (nSPS) is 26.5. The number of amides is 1. The van der Waals surface area contributed by atoms with Crippen molar-refractivity contribution in [1.29, 1.82) is 0 Å². The summed E-state index contributed by atoms with van der Waals surface area (Å²) >= 11 is 5.96. The number of carbonyl (C=O) groups is 1. The lowest BCUT2D eigenvalue weighted by molar-refractivity contribution is -0.384. The van der Waals surface area contributed by atoms with Crippen LogP contribution in [0.4, 0.5) is 5.69 Å². The molecule has 0 bridgehead atoms. The smallest absolute Gasteiger partial charge is 0.270 e. The van der Waals surface area contributed by atoms with Gasteiger partial charge in [-0.3, -0.25) is 14.9 Å². The Hall–Kier alpha value is -1.95. The first-order chi connectivity index (χ1) is 10.6. The second-order valence-electron chi connectivity index (χ2n) is 5.84. The summed E-state index contributed by atoms with van der Waals surface area (Å²) < 4.78 is 0. The maximum absolute atomic E-state index is 12.1. The fourth-order valence-corrected chi connectivity index (χ4v) is 3.53. The molecule has 3 rings (SSSR count). The van der Waals surface area contributed by atoms with Gasteiger partial charge in [-0.1, -0.05) is 24.4 Å². The van der Waals surface area contributed by atoms with Gasteiger partial charge in [0, 0.05) is 28.6 Å². The standard InChI is InChI=1S/C15H16ClN3O3/c16-13-6-5-10(19(21)22)7-9(13)8-17-18-15(20)14-11-3-1-2-4-12(11)14/h5-8,11-12,14H,1-4H2,(H,18,20)/b17-8-/t11-,12+,14?. The number of hydrogen-bond donors (Lipinski definition) is 1. The number of halogens is 1. The van der Waals surface area contributed by atoms with Gasteiger partial charge in [0.2, 0.25) is 5.91 Å². The van der Waals surface area contributed by atoms with Gasteiger partial charge in [-0.25, -0.2) is 5.43 Å². The van der Waals surface area contributed by atoms with E-state index in [-0.39, 0.29) is 17.5 Å².